The van der Waals surface area contributed by atoms with Gasteiger partial charge in [0.25, 0.3) is 0 Å². The molecule has 2 rings (SSSR count). The van der Waals surface area contributed by atoms with Crippen LogP contribution in [0.3, 0.4) is 0 Å². The van der Waals surface area contributed by atoms with Crippen molar-refractivity contribution in [2.45, 2.75) is 131 Å². The molecule has 0 N–H and O–H groups in total. The maximum absolute atomic E-state index is 12.4. The summed E-state index contributed by atoms with van der Waals surface area (Å²) in [5.41, 5.74) is 0.697. The first-order chi connectivity index (χ1) is 20.9. The third-order valence-electron chi connectivity index (χ3n) is 8.12. The van der Waals surface area contributed by atoms with Gasteiger partial charge in [0.05, 0.1) is 0 Å². The van der Waals surface area contributed by atoms with Crippen LogP contribution in [0.25, 0.3) is 0 Å². The van der Waals surface area contributed by atoms with Gasteiger partial charge in [-0.25, -0.2) is 0 Å². The van der Waals surface area contributed by atoms with Gasteiger partial charge in [-0.15, -0.1) is 0 Å². The van der Waals surface area contributed by atoms with Crippen molar-refractivity contribution in [1.82, 2.24) is 0 Å². The number of unbranched alkanes of at least 4 members (excludes halogenated alkanes) is 3. The van der Waals surface area contributed by atoms with E-state index in [1.54, 1.807) is 7.11 Å². The summed E-state index contributed by atoms with van der Waals surface area (Å²) >= 11 is -3.01. The number of ether oxygens (including phenoxy) is 6. The number of hydrogen-bond donors (Lipinski definition) is 0. The van der Waals surface area contributed by atoms with Crippen molar-refractivity contribution in [2.75, 3.05) is 13.7 Å². The van der Waals surface area contributed by atoms with Crippen molar-refractivity contribution >= 4 is 45.8 Å². The van der Waals surface area contributed by atoms with Crippen LogP contribution in [0.5, 0.6) is 5.75 Å². The molecular weight excluding hydrogens is 675 g/mol. The predicted molar refractivity (Wildman–Crippen MR) is 168 cm³/mol. The van der Waals surface area contributed by atoms with Gasteiger partial charge in [-0.1, -0.05) is 0 Å². The van der Waals surface area contributed by atoms with Gasteiger partial charge < -0.3 is 0 Å². The molecule has 11 heteroatoms. The standard InChI is InChI=1S/C21H25O10.3C4H9.Sn/c1-11(22)27-10-17-19(28-12(2)23)21(30-14(4)25)20(29-13(3)24)18(31-17)15-7-6-8-16(9-15)26-5;3*1-3-4-2;/h7-9,17-21H,10H2,1-5H3;3*1,3-4H2,2H3;/t17-,18+,19-,20+,21+;;;;/m1..../s1. The Bertz CT molecular complexity index is 1080. The third-order valence-corrected chi connectivity index (χ3v) is 23.7. The molecule has 5 atom stereocenters. The average molecular weight is 727 g/mol. The predicted octanol–water partition coefficient (Wildman–Crippen LogP) is 5.55. The van der Waals surface area contributed by atoms with Crippen molar-refractivity contribution in [2.24, 2.45) is 0 Å². The monoisotopic (exact) mass is 728 g/mol. The van der Waals surface area contributed by atoms with Crippen molar-refractivity contribution in [3.63, 3.8) is 0 Å². The van der Waals surface area contributed by atoms with Gasteiger partial charge in [-0.2, -0.15) is 0 Å². The van der Waals surface area contributed by atoms with Gasteiger partial charge in [0, 0.05) is 0 Å². The number of esters is 4. The fourth-order valence-electron chi connectivity index (χ4n) is 6.06. The minimum atomic E-state index is -3.01. The Kier molecular flexibility index (Phi) is 16.0. The molecule has 1 aliphatic heterocycles. The first-order valence-corrected chi connectivity index (χ1v) is 23.4. The van der Waals surface area contributed by atoms with Crippen LogP contribution >= 0.6 is 0 Å². The Morgan fingerprint density at radius 1 is 0.705 bits per heavy atom. The normalized spacial score (nSPS) is 21.7. The quantitative estimate of drug-likeness (QED) is 0.115. The molecule has 0 saturated carbocycles. The van der Waals surface area contributed by atoms with Crippen molar-refractivity contribution in [3.8, 4) is 5.75 Å². The number of rotatable bonds is 17. The molecule has 1 saturated heterocycles. The molecule has 0 amide bonds. The number of carbonyl (C=O) groups is 4. The summed E-state index contributed by atoms with van der Waals surface area (Å²) in [4.78, 5) is 48.7. The second-order valence-electron chi connectivity index (χ2n) is 11.7. The molecule has 0 aromatic heterocycles. The second kappa shape index (κ2) is 18.6. The molecule has 1 heterocycles. The van der Waals surface area contributed by atoms with E-state index >= 15 is 0 Å². The summed E-state index contributed by atoms with van der Waals surface area (Å²) in [7, 11) is 1.62. The fraction of sp³-hybridized carbons (Fsp3) is 0.697. The summed E-state index contributed by atoms with van der Waals surface area (Å²) in [5.74, 6) is -1.82. The van der Waals surface area contributed by atoms with Crippen LogP contribution in [-0.4, -0.2) is 80.4 Å². The number of methoxy groups -OCH3 is 1. The molecule has 44 heavy (non-hydrogen) atoms. The summed E-state index contributed by atoms with van der Waals surface area (Å²) in [6, 6.07) is 6.19. The molecule has 0 radical (unpaired) electrons. The third kappa shape index (κ3) is 10.9. The van der Waals surface area contributed by atoms with E-state index in [2.05, 4.69) is 32.9 Å². The fourth-order valence-corrected chi connectivity index (χ4v) is 22.1. The summed E-state index contributed by atoms with van der Waals surface area (Å²) in [5, 5.41) is 0. The Hall–Kier alpha value is -2.34. The van der Waals surface area contributed by atoms with Crippen molar-refractivity contribution in [1.29, 1.82) is 0 Å². The molecule has 1 aromatic rings. The molecular formula is C33H52O10Sn. The van der Waals surface area contributed by atoms with Crippen LogP contribution in [0.2, 0.25) is 13.3 Å². The van der Waals surface area contributed by atoms with Gasteiger partial charge in [0.1, 0.15) is 0 Å². The van der Waals surface area contributed by atoms with E-state index in [1.807, 2.05) is 6.07 Å². The van der Waals surface area contributed by atoms with E-state index in [4.69, 9.17) is 28.4 Å². The summed E-state index contributed by atoms with van der Waals surface area (Å²) in [6.45, 7) is 11.4. The molecule has 0 aliphatic carbocycles. The average Bonchev–Trinajstić information content (AvgIpc) is 2.97. The second-order valence-corrected chi connectivity index (χ2v) is 24.9. The van der Waals surface area contributed by atoms with Crippen molar-refractivity contribution in [3.05, 3.63) is 23.8 Å². The Morgan fingerprint density at radius 3 is 1.66 bits per heavy atom. The summed E-state index contributed by atoms with van der Waals surface area (Å²) in [6.07, 6.45) is 1.33. The van der Waals surface area contributed by atoms with E-state index in [-0.39, 0.29) is 6.61 Å². The van der Waals surface area contributed by atoms with Crippen LogP contribution in [0, 0.1) is 0 Å². The molecule has 1 aromatic carbocycles. The number of hydrogen-bond acceptors (Lipinski definition) is 10. The minimum absolute atomic E-state index is 0.266. The first kappa shape index (κ1) is 37.8. The van der Waals surface area contributed by atoms with Crippen molar-refractivity contribution < 1.29 is 47.6 Å². The van der Waals surface area contributed by atoms with Gasteiger partial charge in [-0.3, -0.25) is 0 Å². The van der Waals surface area contributed by atoms with Crippen LogP contribution in [0.4, 0.5) is 0 Å². The van der Waals surface area contributed by atoms with E-state index < -0.39 is 72.8 Å². The van der Waals surface area contributed by atoms with Crippen LogP contribution in [-0.2, 0) is 42.9 Å². The maximum atomic E-state index is 12.4. The van der Waals surface area contributed by atoms with Gasteiger partial charge in [-0.05, 0) is 0 Å². The van der Waals surface area contributed by atoms with E-state index in [0.717, 1.165) is 38.5 Å². The molecule has 248 valence electrons. The Balaban J connectivity index is 2.81. The van der Waals surface area contributed by atoms with Gasteiger partial charge in [0.2, 0.25) is 0 Å². The zero-order valence-electron chi connectivity index (χ0n) is 27.8. The van der Waals surface area contributed by atoms with Gasteiger partial charge in [0.15, 0.2) is 0 Å². The number of benzene rings is 1. The molecule has 0 spiro atoms. The SMILES string of the molecule is CCC[CH2][Sn]([CH2]CCC)([CH2]CCC)[c]1cc(OC)cc([C@@H]2O[C@H](COC(C)=O)[C@@H](OC(C)=O)[C@H](OC(C)=O)[C@H]2OC(C)=O)c1. The van der Waals surface area contributed by atoms with Crippen LogP contribution < -0.4 is 8.32 Å². The Labute approximate surface area is 266 Å². The summed E-state index contributed by atoms with van der Waals surface area (Å²) < 4.78 is 39.6. The molecule has 0 bridgehead atoms. The van der Waals surface area contributed by atoms with Gasteiger partial charge >= 0.3 is 267 Å². The molecule has 10 nitrogen and oxygen atoms in total. The van der Waals surface area contributed by atoms with E-state index in [9.17, 15) is 19.2 Å². The first-order valence-electron chi connectivity index (χ1n) is 15.9. The topological polar surface area (TPSA) is 124 Å². The Morgan fingerprint density at radius 2 is 1.20 bits per heavy atom. The molecule has 0 unspecified atom stereocenters. The zero-order chi connectivity index (χ0) is 32.9. The van der Waals surface area contributed by atoms with Crippen LogP contribution in [0.1, 0.15) is 98.7 Å². The van der Waals surface area contributed by atoms with E-state index in [1.165, 1.54) is 44.6 Å². The zero-order valence-corrected chi connectivity index (χ0v) is 30.6. The molecule has 1 aliphatic rings. The van der Waals surface area contributed by atoms with E-state index in [0.29, 0.717) is 11.3 Å². The molecule has 1 fully saturated rings. The number of carbonyl (C=O) groups excluding carboxylic acids is 4. The van der Waals surface area contributed by atoms with Crippen LogP contribution in [0.15, 0.2) is 18.2 Å².